The molecule has 0 bridgehead atoms. The third-order valence-electron chi connectivity index (χ3n) is 5.25. The lowest BCUT2D eigenvalue weighted by Gasteiger charge is -2.25. The maximum Gasteiger partial charge on any atom is 0.227 e. The number of hydrogen-bond donors (Lipinski definition) is 2. The quantitative estimate of drug-likeness (QED) is 0.798. The van der Waals surface area contributed by atoms with Crippen molar-refractivity contribution in [2.24, 2.45) is 5.92 Å². The van der Waals surface area contributed by atoms with Crippen LogP contribution in [0.4, 0.5) is 5.69 Å². The van der Waals surface area contributed by atoms with E-state index in [1.54, 1.807) is 4.90 Å². The molecular formula is C20H30ClN3O2. The number of halogens is 1. The number of rotatable bonds is 6. The van der Waals surface area contributed by atoms with E-state index < -0.39 is 0 Å². The Bertz CT molecular complexity index is 600. The molecule has 0 radical (unpaired) electrons. The highest BCUT2D eigenvalue weighted by molar-refractivity contribution is 6.00. The Morgan fingerprint density at radius 3 is 2.58 bits per heavy atom. The molecule has 2 N–H and O–H groups in total. The molecule has 2 aliphatic heterocycles. The van der Waals surface area contributed by atoms with Crippen LogP contribution >= 0.6 is 12.4 Å². The van der Waals surface area contributed by atoms with E-state index in [0.29, 0.717) is 13.0 Å². The lowest BCUT2D eigenvalue weighted by molar-refractivity contribution is -0.127. The maximum atomic E-state index is 12.5. The first-order valence-electron chi connectivity index (χ1n) is 9.57. The predicted molar refractivity (Wildman–Crippen MR) is 107 cm³/mol. The average Bonchev–Trinajstić information content (AvgIpc) is 3.03. The van der Waals surface area contributed by atoms with Crippen molar-refractivity contribution in [3.8, 4) is 0 Å². The smallest absolute Gasteiger partial charge is 0.227 e. The van der Waals surface area contributed by atoms with Crippen molar-refractivity contribution < 1.29 is 9.59 Å². The van der Waals surface area contributed by atoms with Crippen molar-refractivity contribution in [3.05, 3.63) is 29.8 Å². The number of nitrogens with zero attached hydrogens (tertiary/aromatic N) is 1. The van der Waals surface area contributed by atoms with Crippen LogP contribution in [-0.4, -0.2) is 37.5 Å². The summed E-state index contributed by atoms with van der Waals surface area (Å²) in [6.45, 7) is 4.58. The molecule has 144 valence electrons. The highest BCUT2D eigenvalue weighted by Gasteiger charge is 2.35. The van der Waals surface area contributed by atoms with Gasteiger partial charge in [0.25, 0.3) is 0 Å². The summed E-state index contributed by atoms with van der Waals surface area (Å²) in [7, 11) is 0. The van der Waals surface area contributed by atoms with E-state index >= 15 is 0 Å². The van der Waals surface area contributed by atoms with Gasteiger partial charge in [-0.1, -0.05) is 25.5 Å². The second kappa shape index (κ2) is 9.93. The zero-order valence-corrected chi connectivity index (χ0v) is 16.3. The molecule has 0 aromatic heterocycles. The zero-order valence-electron chi connectivity index (χ0n) is 15.5. The fraction of sp³-hybridized carbons (Fsp3) is 0.600. The molecule has 26 heavy (non-hydrogen) atoms. The van der Waals surface area contributed by atoms with Gasteiger partial charge in [0.05, 0.1) is 5.92 Å². The lowest BCUT2D eigenvalue weighted by atomic mass is 10.0. The van der Waals surface area contributed by atoms with Gasteiger partial charge in [0.1, 0.15) is 0 Å². The summed E-state index contributed by atoms with van der Waals surface area (Å²) < 4.78 is 0. The van der Waals surface area contributed by atoms with Crippen LogP contribution in [0.2, 0.25) is 0 Å². The maximum absolute atomic E-state index is 12.5. The molecule has 1 unspecified atom stereocenters. The van der Waals surface area contributed by atoms with Gasteiger partial charge in [0.2, 0.25) is 11.8 Å². The monoisotopic (exact) mass is 379 g/mol. The number of aryl methyl sites for hydroxylation is 1. The summed E-state index contributed by atoms with van der Waals surface area (Å²) in [5.74, 6) is -0.156. The molecule has 0 saturated carbocycles. The highest BCUT2D eigenvalue weighted by Crippen LogP contribution is 2.26. The van der Waals surface area contributed by atoms with Gasteiger partial charge in [-0.2, -0.15) is 0 Å². The highest BCUT2D eigenvalue weighted by atomic mass is 35.5. The fourth-order valence-electron chi connectivity index (χ4n) is 3.64. The van der Waals surface area contributed by atoms with Crippen LogP contribution in [0.15, 0.2) is 24.3 Å². The number of unbranched alkanes of at least 4 members (excludes halogenated alkanes) is 1. The van der Waals surface area contributed by atoms with E-state index in [2.05, 4.69) is 29.7 Å². The first-order valence-corrected chi connectivity index (χ1v) is 9.57. The molecule has 1 aromatic carbocycles. The second-order valence-electron chi connectivity index (χ2n) is 7.21. The molecule has 2 saturated heterocycles. The Balaban J connectivity index is 0.00000243. The summed E-state index contributed by atoms with van der Waals surface area (Å²) in [4.78, 5) is 26.6. The van der Waals surface area contributed by atoms with Gasteiger partial charge in [-0.15, -0.1) is 12.4 Å². The Hall–Kier alpha value is -1.59. The van der Waals surface area contributed by atoms with Crippen LogP contribution in [0, 0.1) is 5.92 Å². The van der Waals surface area contributed by atoms with Crippen molar-refractivity contribution in [2.45, 2.75) is 51.5 Å². The number of piperidine rings is 1. The summed E-state index contributed by atoms with van der Waals surface area (Å²) in [5.41, 5.74) is 2.21. The van der Waals surface area contributed by atoms with E-state index in [0.717, 1.165) is 38.0 Å². The Morgan fingerprint density at radius 2 is 1.92 bits per heavy atom. The molecule has 5 nitrogen and oxygen atoms in total. The van der Waals surface area contributed by atoms with E-state index in [9.17, 15) is 9.59 Å². The van der Waals surface area contributed by atoms with Crippen molar-refractivity contribution in [1.29, 1.82) is 0 Å². The van der Waals surface area contributed by atoms with Crippen molar-refractivity contribution in [1.82, 2.24) is 10.6 Å². The number of amides is 2. The Kier molecular flexibility index (Phi) is 7.91. The minimum absolute atomic E-state index is 0. The predicted octanol–water partition coefficient (Wildman–Crippen LogP) is 2.67. The van der Waals surface area contributed by atoms with Crippen molar-refractivity contribution in [3.63, 3.8) is 0 Å². The van der Waals surface area contributed by atoms with Gasteiger partial charge in [-0.3, -0.25) is 9.59 Å². The van der Waals surface area contributed by atoms with E-state index in [1.807, 2.05) is 12.1 Å². The first-order chi connectivity index (χ1) is 12.2. The normalized spacial score (nSPS) is 20.7. The average molecular weight is 380 g/mol. The molecule has 3 rings (SSSR count). The molecule has 2 fully saturated rings. The summed E-state index contributed by atoms with van der Waals surface area (Å²) in [6.07, 6.45) is 5.69. The molecule has 2 amide bonds. The van der Waals surface area contributed by atoms with E-state index in [1.165, 1.54) is 18.4 Å². The third kappa shape index (κ3) is 5.21. The van der Waals surface area contributed by atoms with Gasteiger partial charge in [-0.25, -0.2) is 0 Å². The van der Waals surface area contributed by atoms with Crippen LogP contribution in [0.5, 0.6) is 0 Å². The molecule has 2 aliphatic rings. The molecule has 6 heteroatoms. The number of carbonyl (C=O) groups excluding carboxylic acids is 2. The molecular weight excluding hydrogens is 350 g/mol. The Morgan fingerprint density at radius 1 is 1.23 bits per heavy atom. The van der Waals surface area contributed by atoms with Crippen molar-refractivity contribution in [2.75, 3.05) is 24.5 Å². The van der Waals surface area contributed by atoms with Crippen molar-refractivity contribution >= 4 is 29.9 Å². The van der Waals surface area contributed by atoms with Crippen LogP contribution in [-0.2, 0) is 16.0 Å². The van der Waals surface area contributed by atoms with Crippen LogP contribution in [0.25, 0.3) is 0 Å². The van der Waals surface area contributed by atoms with E-state index in [-0.39, 0.29) is 36.2 Å². The number of nitrogens with one attached hydrogen (secondary N) is 2. The van der Waals surface area contributed by atoms with Gasteiger partial charge in [0, 0.05) is 24.7 Å². The lowest BCUT2D eigenvalue weighted by Crippen LogP contribution is -2.45. The minimum atomic E-state index is -0.234. The molecule has 1 atom stereocenters. The second-order valence-corrected chi connectivity index (χ2v) is 7.21. The molecule has 2 heterocycles. The number of carbonyl (C=O) groups is 2. The molecule has 0 aliphatic carbocycles. The zero-order chi connectivity index (χ0) is 17.6. The standard InChI is InChI=1S/C20H29N3O2.ClH/c1-2-3-4-15-5-7-18(8-6-15)23-14-16(13-19(23)24)20(25)22-17-9-11-21-12-10-17;/h5-8,16-17,21H,2-4,9-14H2,1H3,(H,22,25);1H. The minimum Gasteiger partial charge on any atom is -0.353 e. The van der Waals surface area contributed by atoms with Crippen LogP contribution < -0.4 is 15.5 Å². The number of benzene rings is 1. The van der Waals surface area contributed by atoms with Gasteiger partial charge < -0.3 is 15.5 Å². The van der Waals surface area contributed by atoms with Crippen LogP contribution in [0.1, 0.15) is 44.6 Å². The third-order valence-corrected chi connectivity index (χ3v) is 5.25. The summed E-state index contributed by atoms with van der Waals surface area (Å²) in [6, 6.07) is 8.46. The molecule has 1 aromatic rings. The Labute approximate surface area is 162 Å². The fourth-order valence-corrected chi connectivity index (χ4v) is 3.64. The summed E-state index contributed by atoms with van der Waals surface area (Å²) in [5, 5.41) is 6.42. The number of anilines is 1. The topological polar surface area (TPSA) is 61.4 Å². The van der Waals surface area contributed by atoms with Gasteiger partial charge in [0.15, 0.2) is 0 Å². The number of hydrogen-bond acceptors (Lipinski definition) is 3. The first kappa shape index (κ1) is 20.7. The van der Waals surface area contributed by atoms with E-state index in [4.69, 9.17) is 0 Å². The van der Waals surface area contributed by atoms with Crippen LogP contribution in [0.3, 0.4) is 0 Å². The molecule has 0 spiro atoms. The van der Waals surface area contributed by atoms with Gasteiger partial charge in [-0.05, 0) is 56.5 Å². The van der Waals surface area contributed by atoms with Gasteiger partial charge >= 0.3 is 0 Å². The largest absolute Gasteiger partial charge is 0.353 e. The SMILES string of the molecule is CCCCc1ccc(N2CC(C(=O)NC3CCNCC3)CC2=O)cc1.Cl. The summed E-state index contributed by atoms with van der Waals surface area (Å²) >= 11 is 0.